The molecule has 0 aliphatic rings. The van der Waals surface area contributed by atoms with Crippen molar-refractivity contribution in [2.75, 3.05) is 24.3 Å². The second-order valence-electron chi connectivity index (χ2n) is 6.12. The molecule has 0 bridgehead atoms. The van der Waals surface area contributed by atoms with Crippen molar-refractivity contribution in [1.29, 1.82) is 0 Å². The third-order valence-electron chi connectivity index (χ3n) is 3.89. The van der Waals surface area contributed by atoms with Crippen LogP contribution in [0.3, 0.4) is 0 Å². The molecule has 0 radical (unpaired) electrons. The van der Waals surface area contributed by atoms with E-state index in [0.717, 1.165) is 0 Å². The van der Waals surface area contributed by atoms with E-state index < -0.39 is 10.8 Å². The molecule has 0 atom stereocenters. The molecule has 1 aromatic heterocycles. The molecule has 0 unspecified atom stereocenters. The molecule has 0 spiro atoms. The molecule has 8 nitrogen and oxygen atoms in total. The lowest BCUT2D eigenvalue weighted by Gasteiger charge is -2.17. The Hall–Kier alpha value is -3.94. The van der Waals surface area contributed by atoms with Crippen molar-refractivity contribution in [1.82, 2.24) is 4.98 Å². The molecule has 3 rings (SSSR count). The highest BCUT2D eigenvalue weighted by atomic mass is 16.6. The molecule has 3 aromatic rings. The third kappa shape index (κ3) is 4.42. The smallest absolute Gasteiger partial charge is 0.270 e. The van der Waals surface area contributed by atoms with Crippen molar-refractivity contribution >= 4 is 23.0 Å². The Morgan fingerprint density at radius 2 is 1.82 bits per heavy atom. The number of amides is 1. The number of ether oxygens (including phenoxy) is 1. The summed E-state index contributed by atoms with van der Waals surface area (Å²) in [7, 11) is 3.53. The van der Waals surface area contributed by atoms with Crippen LogP contribution < -0.4 is 15.0 Å². The van der Waals surface area contributed by atoms with Crippen molar-refractivity contribution < 1.29 is 14.5 Å². The van der Waals surface area contributed by atoms with E-state index in [1.807, 2.05) is 0 Å². The number of pyridine rings is 1. The van der Waals surface area contributed by atoms with E-state index in [9.17, 15) is 14.9 Å². The van der Waals surface area contributed by atoms with E-state index in [-0.39, 0.29) is 11.3 Å². The van der Waals surface area contributed by atoms with Gasteiger partial charge in [-0.3, -0.25) is 19.9 Å². The highest BCUT2D eigenvalue weighted by Gasteiger charge is 2.18. The SMILES string of the molecule is CN(C)c1ccc([N+](=O)[O-])cc1C(=O)Nc1cccc(Oc2ccncc2)c1. The van der Waals surface area contributed by atoms with E-state index in [2.05, 4.69) is 10.3 Å². The summed E-state index contributed by atoms with van der Waals surface area (Å²) < 4.78 is 5.73. The molecule has 142 valence electrons. The molecule has 0 aliphatic carbocycles. The number of nitrogens with zero attached hydrogens (tertiary/aromatic N) is 3. The Kier molecular flexibility index (Phi) is 5.50. The second kappa shape index (κ2) is 8.17. The number of benzene rings is 2. The van der Waals surface area contributed by atoms with E-state index >= 15 is 0 Å². The van der Waals surface area contributed by atoms with Gasteiger partial charge in [-0.25, -0.2) is 0 Å². The van der Waals surface area contributed by atoms with Crippen LogP contribution in [0.4, 0.5) is 17.1 Å². The van der Waals surface area contributed by atoms with Gasteiger partial charge >= 0.3 is 0 Å². The molecule has 0 fully saturated rings. The van der Waals surface area contributed by atoms with Gasteiger partial charge in [0.25, 0.3) is 11.6 Å². The van der Waals surface area contributed by atoms with Gasteiger partial charge in [-0.2, -0.15) is 0 Å². The van der Waals surface area contributed by atoms with E-state index in [4.69, 9.17) is 4.74 Å². The first kappa shape index (κ1) is 18.8. The Balaban J connectivity index is 1.84. The number of nitro benzene ring substituents is 1. The number of carbonyl (C=O) groups is 1. The summed E-state index contributed by atoms with van der Waals surface area (Å²) in [6.07, 6.45) is 3.23. The molecule has 1 amide bonds. The summed E-state index contributed by atoms with van der Waals surface area (Å²) in [6, 6.07) is 14.5. The number of hydrogen-bond donors (Lipinski definition) is 1. The topological polar surface area (TPSA) is 97.6 Å². The maximum atomic E-state index is 12.8. The number of carbonyl (C=O) groups excluding carboxylic acids is 1. The first-order valence-corrected chi connectivity index (χ1v) is 8.39. The molecular formula is C20H18N4O4. The fraction of sp³-hybridized carbons (Fsp3) is 0.100. The first-order chi connectivity index (χ1) is 13.4. The Labute approximate surface area is 161 Å². The fourth-order valence-electron chi connectivity index (χ4n) is 2.59. The van der Waals surface area contributed by atoms with Gasteiger partial charge in [0.15, 0.2) is 0 Å². The van der Waals surface area contributed by atoms with Crippen LogP contribution in [-0.2, 0) is 0 Å². The lowest BCUT2D eigenvalue weighted by Crippen LogP contribution is -2.18. The highest BCUT2D eigenvalue weighted by Crippen LogP contribution is 2.27. The maximum Gasteiger partial charge on any atom is 0.270 e. The molecule has 1 N–H and O–H groups in total. The molecule has 8 heteroatoms. The van der Waals surface area contributed by atoms with Gasteiger partial charge in [0.05, 0.1) is 10.5 Å². The monoisotopic (exact) mass is 378 g/mol. The summed E-state index contributed by atoms with van der Waals surface area (Å²) >= 11 is 0. The molecule has 2 aromatic carbocycles. The van der Waals surface area contributed by atoms with E-state index in [1.165, 1.54) is 12.1 Å². The summed E-state index contributed by atoms with van der Waals surface area (Å²) in [5, 5.41) is 13.8. The minimum atomic E-state index is -0.528. The lowest BCUT2D eigenvalue weighted by molar-refractivity contribution is -0.384. The number of aromatic nitrogens is 1. The van der Waals surface area contributed by atoms with Crippen LogP contribution in [0.25, 0.3) is 0 Å². The summed E-state index contributed by atoms with van der Waals surface area (Å²) in [6.45, 7) is 0. The van der Waals surface area contributed by atoms with Crippen molar-refractivity contribution in [2.45, 2.75) is 0 Å². The third-order valence-corrected chi connectivity index (χ3v) is 3.89. The van der Waals surface area contributed by atoms with Crippen LogP contribution in [0.5, 0.6) is 11.5 Å². The molecule has 0 aliphatic heterocycles. The number of hydrogen-bond acceptors (Lipinski definition) is 6. The lowest BCUT2D eigenvalue weighted by atomic mass is 10.1. The standard InChI is InChI=1S/C20H18N4O4/c1-23(2)19-7-6-15(24(26)27)13-18(19)20(25)22-14-4-3-5-17(12-14)28-16-8-10-21-11-9-16/h3-13H,1-2H3,(H,22,25). The van der Waals surface area contributed by atoms with Gasteiger partial charge < -0.3 is 15.0 Å². The van der Waals surface area contributed by atoms with Gasteiger partial charge in [0.2, 0.25) is 0 Å². The average Bonchev–Trinajstić information content (AvgIpc) is 2.68. The maximum absolute atomic E-state index is 12.8. The summed E-state index contributed by atoms with van der Waals surface area (Å²) in [4.78, 5) is 29.0. The Bertz CT molecular complexity index is 1010. The van der Waals surface area contributed by atoms with Gasteiger partial charge in [0.1, 0.15) is 11.5 Å². The van der Waals surface area contributed by atoms with Crippen molar-refractivity contribution in [3.63, 3.8) is 0 Å². The van der Waals surface area contributed by atoms with Gasteiger partial charge in [-0.15, -0.1) is 0 Å². The number of non-ortho nitro benzene ring substituents is 1. The first-order valence-electron chi connectivity index (χ1n) is 8.39. The minimum absolute atomic E-state index is 0.148. The molecule has 0 saturated heterocycles. The fourth-order valence-corrected chi connectivity index (χ4v) is 2.59. The van der Waals surface area contributed by atoms with Gasteiger partial charge in [-0.05, 0) is 30.3 Å². The zero-order chi connectivity index (χ0) is 20.1. The van der Waals surface area contributed by atoms with Crippen molar-refractivity contribution in [3.8, 4) is 11.5 Å². The number of rotatable bonds is 6. The zero-order valence-corrected chi connectivity index (χ0v) is 15.3. The molecule has 1 heterocycles. The highest BCUT2D eigenvalue weighted by molar-refractivity contribution is 6.08. The Morgan fingerprint density at radius 1 is 1.07 bits per heavy atom. The Morgan fingerprint density at radius 3 is 2.50 bits per heavy atom. The second-order valence-corrected chi connectivity index (χ2v) is 6.12. The average molecular weight is 378 g/mol. The van der Waals surface area contributed by atoms with Gasteiger partial charge in [-0.1, -0.05) is 6.07 Å². The molecule has 0 saturated carbocycles. The molecule has 28 heavy (non-hydrogen) atoms. The zero-order valence-electron chi connectivity index (χ0n) is 15.3. The van der Waals surface area contributed by atoms with Crippen LogP contribution in [0.15, 0.2) is 67.0 Å². The predicted molar refractivity (Wildman–Crippen MR) is 106 cm³/mol. The van der Waals surface area contributed by atoms with Crippen LogP contribution in [0.1, 0.15) is 10.4 Å². The number of anilines is 2. The van der Waals surface area contributed by atoms with Crippen LogP contribution in [-0.4, -0.2) is 29.9 Å². The molecular weight excluding hydrogens is 360 g/mol. The van der Waals surface area contributed by atoms with Crippen molar-refractivity contribution in [2.24, 2.45) is 0 Å². The normalized spacial score (nSPS) is 10.2. The summed E-state index contributed by atoms with van der Waals surface area (Å²) in [5.74, 6) is 0.705. The van der Waals surface area contributed by atoms with Crippen molar-refractivity contribution in [3.05, 3.63) is 82.7 Å². The van der Waals surface area contributed by atoms with Gasteiger partial charge in [0, 0.05) is 56.1 Å². The summed E-state index contributed by atoms with van der Waals surface area (Å²) in [5.41, 5.74) is 1.14. The largest absolute Gasteiger partial charge is 0.457 e. The van der Waals surface area contributed by atoms with E-state index in [1.54, 1.807) is 73.9 Å². The van der Waals surface area contributed by atoms with E-state index in [0.29, 0.717) is 22.9 Å². The minimum Gasteiger partial charge on any atom is -0.457 e. The van der Waals surface area contributed by atoms with Crippen LogP contribution in [0, 0.1) is 10.1 Å². The number of nitro groups is 1. The van der Waals surface area contributed by atoms with Crippen LogP contribution >= 0.6 is 0 Å². The quantitative estimate of drug-likeness (QED) is 0.512. The number of nitrogens with one attached hydrogen (secondary N) is 1. The predicted octanol–water partition coefficient (Wildman–Crippen LogP) is 4.10. The van der Waals surface area contributed by atoms with Crippen LogP contribution in [0.2, 0.25) is 0 Å².